The maximum absolute atomic E-state index is 13.4. The number of piperidine rings is 1. The number of ether oxygens (including phenoxy) is 1. The molecule has 1 saturated heterocycles. The molecular formula is C37H40N2O3. The molecule has 216 valence electrons. The van der Waals surface area contributed by atoms with Gasteiger partial charge in [-0.2, -0.15) is 0 Å². The molecule has 5 heteroatoms. The summed E-state index contributed by atoms with van der Waals surface area (Å²) in [4.78, 5) is 28.4. The van der Waals surface area contributed by atoms with Gasteiger partial charge in [-0.25, -0.2) is 0 Å². The van der Waals surface area contributed by atoms with E-state index in [9.17, 15) is 9.59 Å². The second kappa shape index (κ2) is 12.6. The molecule has 4 aromatic rings. The summed E-state index contributed by atoms with van der Waals surface area (Å²) in [5.74, 6) is -0.299. The lowest BCUT2D eigenvalue weighted by Gasteiger charge is -2.36. The third-order valence-corrected chi connectivity index (χ3v) is 8.35. The number of hydrogen-bond acceptors (Lipinski definition) is 4. The molecule has 1 aliphatic heterocycles. The van der Waals surface area contributed by atoms with Crippen LogP contribution in [-0.4, -0.2) is 32.1 Å². The Labute approximate surface area is 249 Å². The summed E-state index contributed by atoms with van der Waals surface area (Å²) >= 11 is 0. The topological polar surface area (TPSA) is 58.6 Å². The molecule has 42 heavy (non-hydrogen) atoms. The van der Waals surface area contributed by atoms with Crippen molar-refractivity contribution in [3.8, 4) is 11.1 Å². The lowest BCUT2D eigenvalue weighted by molar-refractivity contribution is -0.144. The number of carbonyl (C=O) groups excluding carboxylic acids is 2. The van der Waals surface area contributed by atoms with E-state index in [2.05, 4.69) is 67.4 Å². The maximum atomic E-state index is 13.4. The molecule has 1 amide bonds. The molecule has 0 radical (unpaired) electrons. The monoisotopic (exact) mass is 560 g/mol. The van der Waals surface area contributed by atoms with Crippen molar-refractivity contribution in [2.75, 3.05) is 30.4 Å². The summed E-state index contributed by atoms with van der Waals surface area (Å²) in [7, 11) is 1.47. The van der Waals surface area contributed by atoms with Gasteiger partial charge in [0.05, 0.1) is 13.0 Å². The van der Waals surface area contributed by atoms with Gasteiger partial charge < -0.3 is 15.0 Å². The molecule has 1 fully saturated rings. The second-order valence-corrected chi connectivity index (χ2v) is 12.1. The standard InChI is InChI=1S/C37H40N2O3/c1-37(2,3)29-16-14-26(15-17-29)32-12-8-9-13-33(32)35(40)38-30-18-20-31(21-19-30)39-24-22-28(23-25-39)34(36(41)42-4)27-10-6-5-7-11-27/h5-21,28,34H,22-25H2,1-4H3,(H,38,40). The van der Waals surface area contributed by atoms with E-state index in [1.807, 2.05) is 66.7 Å². The number of nitrogens with one attached hydrogen (secondary N) is 1. The zero-order valence-electron chi connectivity index (χ0n) is 25.0. The fourth-order valence-electron chi connectivity index (χ4n) is 5.92. The molecule has 1 atom stereocenters. The Balaban J connectivity index is 1.23. The normalized spacial score (nSPS) is 14.7. The van der Waals surface area contributed by atoms with Gasteiger partial charge in [-0.1, -0.05) is 93.6 Å². The van der Waals surface area contributed by atoms with E-state index in [1.54, 1.807) is 0 Å². The van der Waals surface area contributed by atoms with Crippen LogP contribution in [0.25, 0.3) is 11.1 Å². The van der Waals surface area contributed by atoms with E-state index in [-0.39, 0.29) is 29.1 Å². The molecule has 4 aromatic carbocycles. The Bertz CT molecular complexity index is 1500. The number of benzene rings is 4. The lowest BCUT2D eigenvalue weighted by atomic mass is 9.80. The quantitative estimate of drug-likeness (QED) is 0.232. The van der Waals surface area contributed by atoms with Crippen LogP contribution in [-0.2, 0) is 14.9 Å². The van der Waals surface area contributed by atoms with Gasteiger partial charge in [0.15, 0.2) is 0 Å². The highest BCUT2D eigenvalue weighted by atomic mass is 16.5. The van der Waals surface area contributed by atoms with E-state index in [1.165, 1.54) is 12.7 Å². The zero-order chi connectivity index (χ0) is 29.7. The van der Waals surface area contributed by atoms with Gasteiger partial charge in [0, 0.05) is 30.0 Å². The van der Waals surface area contributed by atoms with Crippen molar-refractivity contribution in [3.05, 3.63) is 120 Å². The van der Waals surface area contributed by atoms with E-state index in [0.717, 1.165) is 54.0 Å². The first-order chi connectivity index (χ1) is 20.2. The Morgan fingerprint density at radius 3 is 2.05 bits per heavy atom. The van der Waals surface area contributed by atoms with Crippen molar-refractivity contribution in [1.82, 2.24) is 0 Å². The Kier molecular flexibility index (Phi) is 8.77. The highest BCUT2D eigenvalue weighted by Gasteiger charge is 2.33. The minimum absolute atomic E-state index is 0.0745. The number of methoxy groups -OCH3 is 1. The number of anilines is 2. The minimum atomic E-state index is -0.241. The van der Waals surface area contributed by atoms with Gasteiger partial charge in [0.2, 0.25) is 0 Å². The van der Waals surface area contributed by atoms with Crippen LogP contribution in [0, 0.1) is 5.92 Å². The van der Waals surface area contributed by atoms with Crippen molar-refractivity contribution in [2.45, 2.75) is 44.9 Å². The van der Waals surface area contributed by atoms with Crippen LogP contribution in [0.4, 0.5) is 11.4 Å². The Morgan fingerprint density at radius 1 is 0.810 bits per heavy atom. The molecule has 0 aromatic heterocycles. The summed E-state index contributed by atoms with van der Waals surface area (Å²) in [6, 6.07) is 34.2. The summed E-state index contributed by atoms with van der Waals surface area (Å²) in [6.45, 7) is 8.31. The smallest absolute Gasteiger partial charge is 0.313 e. The first-order valence-electron chi connectivity index (χ1n) is 14.7. The second-order valence-electron chi connectivity index (χ2n) is 12.1. The van der Waals surface area contributed by atoms with Crippen LogP contribution in [0.5, 0.6) is 0 Å². The van der Waals surface area contributed by atoms with Crippen molar-refractivity contribution in [1.29, 1.82) is 0 Å². The van der Waals surface area contributed by atoms with Gasteiger partial charge in [-0.05, 0) is 76.8 Å². The molecule has 0 spiro atoms. The molecule has 1 heterocycles. The van der Waals surface area contributed by atoms with Crippen LogP contribution < -0.4 is 10.2 Å². The van der Waals surface area contributed by atoms with Gasteiger partial charge in [-0.3, -0.25) is 9.59 Å². The first kappa shape index (κ1) is 29.1. The van der Waals surface area contributed by atoms with Crippen LogP contribution in [0.1, 0.15) is 61.0 Å². The average Bonchev–Trinajstić information content (AvgIpc) is 3.02. The molecule has 5 nitrogen and oxygen atoms in total. The molecule has 1 N–H and O–H groups in total. The fraction of sp³-hybridized carbons (Fsp3) is 0.297. The van der Waals surface area contributed by atoms with Gasteiger partial charge in [0.25, 0.3) is 5.91 Å². The third-order valence-electron chi connectivity index (χ3n) is 8.35. The molecule has 0 aliphatic carbocycles. The van der Waals surface area contributed by atoms with Gasteiger partial charge >= 0.3 is 5.97 Å². The maximum Gasteiger partial charge on any atom is 0.313 e. The number of hydrogen-bond donors (Lipinski definition) is 1. The lowest BCUT2D eigenvalue weighted by Crippen LogP contribution is -2.37. The summed E-state index contributed by atoms with van der Waals surface area (Å²) < 4.78 is 5.17. The molecule has 0 bridgehead atoms. The predicted molar refractivity (Wildman–Crippen MR) is 171 cm³/mol. The van der Waals surface area contributed by atoms with Crippen LogP contribution in [0.15, 0.2) is 103 Å². The van der Waals surface area contributed by atoms with E-state index < -0.39 is 0 Å². The van der Waals surface area contributed by atoms with Crippen LogP contribution >= 0.6 is 0 Å². The highest BCUT2D eigenvalue weighted by molar-refractivity contribution is 6.08. The number of esters is 1. The van der Waals surface area contributed by atoms with Gasteiger partial charge in [0.1, 0.15) is 0 Å². The number of nitrogens with zero attached hydrogens (tertiary/aromatic N) is 1. The van der Waals surface area contributed by atoms with E-state index >= 15 is 0 Å². The number of carbonyl (C=O) groups is 2. The first-order valence-corrected chi connectivity index (χ1v) is 14.7. The fourth-order valence-corrected chi connectivity index (χ4v) is 5.92. The Hall–Kier alpha value is -4.38. The SMILES string of the molecule is COC(=O)C(c1ccccc1)C1CCN(c2ccc(NC(=O)c3ccccc3-c3ccc(C(C)(C)C)cc3)cc2)CC1. The highest BCUT2D eigenvalue weighted by Crippen LogP contribution is 2.35. The van der Waals surface area contributed by atoms with E-state index in [4.69, 9.17) is 4.74 Å². The van der Waals surface area contributed by atoms with E-state index in [0.29, 0.717) is 5.56 Å². The molecule has 0 saturated carbocycles. The average molecular weight is 561 g/mol. The largest absolute Gasteiger partial charge is 0.469 e. The molecule has 1 unspecified atom stereocenters. The zero-order valence-corrected chi connectivity index (χ0v) is 25.0. The number of amides is 1. The minimum Gasteiger partial charge on any atom is -0.469 e. The van der Waals surface area contributed by atoms with Crippen LogP contribution in [0.3, 0.4) is 0 Å². The van der Waals surface area contributed by atoms with Crippen molar-refractivity contribution in [3.63, 3.8) is 0 Å². The summed E-state index contributed by atoms with van der Waals surface area (Å²) in [5, 5.41) is 3.08. The Morgan fingerprint density at radius 2 is 1.43 bits per heavy atom. The predicted octanol–water partition coefficient (Wildman–Crippen LogP) is 8.08. The number of rotatable bonds is 7. The summed E-state index contributed by atoms with van der Waals surface area (Å²) in [6.07, 6.45) is 1.81. The van der Waals surface area contributed by atoms with Crippen LogP contribution in [0.2, 0.25) is 0 Å². The van der Waals surface area contributed by atoms with Gasteiger partial charge in [-0.15, -0.1) is 0 Å². The third kappa shape index (κ3) is 6.57. The molecule has 1 aliphatic rings. The van der Waals surface area contributed by atoms with Crippen molar-refractivity contribution >= 4 is 23.3 Å². The summed E-state index contributed by atoms with van der Waals surface area (Å²) in [5.41, 5.74) is 6.80. The molecular weight excluding hydrogens is 520 g/mol. The molecule has 5 rings (SSSR count). The van der Waals surface area contributed by atoms with Crippen molar-refractivity contribution < 1.29 is 14.3 Å². The van der Waals surface area contributed by atoms with Crippen molar-refractivity contribution in [2.24, 2.45) is 5.92 Å².